The van der Waals surface area contributed by atoms with Crippen LogP contribution >= 0.6 is 23.4 Å². The normalized spacial score (nSPS) is 10.9. The first-order valence-electron chi connectivity index (χ1n) is 9.34. The number of benzene rings is 2. The lowest BCUT2D eigenvalue weighted by atomic mass is 10.2. The third-order valence-corrected chi connectivity index (χ3v) is 5.84. The van der Waals surface area contributed by atoms with E-state index >= 15 is 0 Å². The topological polar surface area (TPSA) is 84.2 Å². The molecule has 2 heterocycles. The van der Waals surface area contributed by atoms with Gasteiger partial charge in [-0.15, -0.1) is 0 Å². The maximum absolute atomic E-state index is 12.2. The minimum Gasteiger partial charge on any atom is -0.308 e. The number of nitrogens with zero attached hydrogens (tertiary/aromatic N) is 4. The standard InChI is InChI=1S/C21H19ClN6OS/c1-3-18-13(2)25-20-23-12-24-28(20)19(18)30-17-10-8-16(9-11-17)27-21(29)26-15-6-4-14(22)5-7-15/h4-12H,3H2,1-2H3,(H2,26,27,29). The summed E-state index contributed by atoms with van der Waals surface area (Å²) in [6, 6.07) is 14.3. The summed E-state index contributed by atoms with van der Waals surface area (Å²) in [6.07, 6.45) is 2.36. The van der Waals surface area contributed by atoms with E-state index in [1.165, 1.54) is 6.33 Å². The number of hydrogen-bond acceptors (Lipinski definition) is 5. The summed E-state index contributed by atoms with van der Waals surface area (Å²) in [5, 5.41) is 11.5. The Bertz CT molecular complexity index is 1190. The Hall–Kier alpha value is -3.10. The molecule has 4 aromatic rings. The summed E-state index contributed by atoms with van der Waals surface area (Å²) in [4.78, 5) is 21.9. The summed E-state index contributed by atoms with van der Waals surface area (Å²) < 4.78 is 1.77. The van der Waals surface area contributed by atoms with Crippen LogP contribution in [-0.4, -0.2) is 25.6 Å². The average molecular weight is 439 g/mol. The summed E-state index contributed by atoms with van der Waals surface area (Å²) in [5.74, 6) is 0.587. The molecule has 7 nitrogen and oxygen atoms in total. The monoisotopic (exact) mass is 438 g/mol. The molecule has 30 heavy (non-hydrogen) atoms. The first-order chi connectivity index (χ1) is 14.5. The minimum absolute atomic E-state index is 0.319. The Morgan fingerprint density at radius 1 is 1.07 bits per heavy atom. The van der Waals surface area contributed by atoms with Crippen molar-refractivity contribution in [3.63, 3.8) is 0 Å². The van der Waals surface area contributed by atoms with Gasteiger partial charge in [-0.05, 0) is 61.9 Å². The Morgan fingerprint density at radius 3 is 2.33 bits per heavy atom. The van der Waals surface area contributed by atoms with E-state index in [1.807, 2.05) is 31.2 Å². The lowest BCUT2D eigenvalue weighted by Crippen LogP contribution is -2.19. The van der Waals surface area contributed by atoms with Crippen LogP contribution in [0.1, 0.15) is 18.2 Å². The molecule has 0 saturated carbocycles. The number of aromatic nitrogens is 4. The molecule has 4 rings (SSSR count). The molecule has 0 aliphatic rings. The van der Waals surface area contributed by atoms with Crippen molar-refractivity contribution in [2.24, 2.45) is 0 Å². The van der Waals surface area contributed by atoms with Crippen LogP contribution in [-0.2, 0) is 6.42 Å². The van der Waals surface area contributed by atoms with E-state index < -0.39 is 0 Å². The molecule has 0 unspecified atom stereocenters. The number of halogens is 1. The number of carbonyl (C=O) groups excluding carboxylic acids is 1. The minimum atomic E-state index is -0.319. The molecule has 0 aliphatic heterocycles. The van der Waals surface area contributed by atoms with Gasteiger partial charge < -0.3 is 10.6 Å². The molecule has 0 aliphatic carbocycles. The molecular formula is C21H19ClN6OS. The fourth-order valence-corrected chi connectivity index (χ4v) is 4.26. The lowest BCUT2D eigenvalue weighted by molar-refractivity contribution is 0.262. The van der Waals surface area contributed by atoms with Crippen LogP contribution in [0.5, 0.6) is 0 Å². The number of urea groups is 1. The van der Waals surface area contributed by atoms with Crippen LogP contribution in [0.25, 0.3) is 5.78 Å². The first kappa shape index (κ1) is 20.2. The van der Waals surface area contributed by atoms with Crippen molar-refractivity contribution < 1.29 is 4.79 Å². The summed E-state index contributed by atoms with van der Waals surface area (Å²) in [7, 11) is 0. The number of hydrogen-bond donors (Lipinski definition) is 2. The molecule has 152 valence electrons. The number of nitrogens with one attached hydrogen (secondary N) is 2. The van der Waals surface area contributed by atoms with Gasteiger partial charge in [0.15, 0.2) is 0 Å². The Kier molecular flexibility index (Phi) is 5.87. The van der Waals surface area contributed by atoms with E-state index in [0.29, 0.717) is 22.2 Å². The SMILES string of the molecule is CCc1c(C)nc2ncnn2c1Sc1ccc(NC(=O)Nc2ccc(Cl)cc2)cc1. The Labute approximate surface area is 182 Å². The largest absolute Gasteiger partial charge is 0.323 e. The van der Waals surface area contributed by atoms with Crippen molar-refractivity contribution in [2.45, 2.75) is 30.2 Å². The number of aryl methyl sites for hydroxylation is 1. The van der Waals surface area contributed by atoms with Gasteiger partial charge in [0.25, 0.3) is 5.78 Å². The fraction of sp³-hybridized carbons (Fsp3) is 0.143. The fourth-order valence-electron chi connectivity index (χ4n) is 3.01. The molecule has 2 aromatic carbocycles. The maximum Gasteiger partial charge on any atom is 0.323 e. The van der Waals surface area contributed by atoms with E-state index in [1.54, 1.807) is 40.5 Å². The Balaban J connectivity index is 1.48. The number of carbonyl (C=O) groups is 1. The highest BCUT2D eigenvalue weighted by Gasteiger charge is 2.14. The lowest BCUT2D eigenvalue weighted by Gasteiger charge is -2.12. The maximum atomic E-state index is 12.2. The summed E-state index contributed by atoms with van der Waals surface area (Å²) in [6.45, 7) is 4.09. The van der Waals surface area contributed by atoms with Gasteiger partial charge in [0, 0.05) is 32.6 Å². The number of rotatable bonds is 5. The van der Waals surface area contributed by atoms with Crippen LogP contribution in [0.15, 0.2) is 64.8 Å². The van der Waals surface area contributed by atoms with E-state index in [-0.39, 0.29) is 6.03 Å². The molecule has 0 saturated heterocycles. The zero-order valence-corrected chi connectivity index (χ0v) is 18.0. The van der Waals surface area contributed by atoms with Gasteiger partial charge in [0.05, 0.1) is 0 Å². The van der Waals surface area contributed by atoms with E-state index in [2.05, 4.69) is 32.6 Å². The van der Waals surface area contributed by atoms with Crippen molar-refractivity contribution >= 4 is 46.5 Å². The predicted octanol–water partition coefficient (Wildman–Crippen LogP) is 5.44. The van der Waals surface area contributed by atoms with Gasteiger partial charge in [0.2, 0.25) is 0 Å². The molecule has 0 bridgehead atoms. The highest BCUT2D eigenvalue weighted by molar-refractivity contribution is 7.99. The second kappa shape index (κ2) is 8.73. The van der Waals surface area contributed by atoms with Gasteiger partial charge >= 0.3 is 6.03 Å². The third kappa shape index (κ3) is 4.39. The number of anilines is 2. The van der Waals surface area contributed by atoms with Crippen molar-refractivity contribution in [3.05, 3.63) is 71.1 Å². The molecule has 0 radical (unpaired) electrons. The Morgan fingerprint density at radius 2 is 1.70 bits per heavy atom. The molecule has 2 amide bonds. The van der Waals surface area contributed by atoms with Crippen molar-refractivity contribution in [1.82, 2.24) is 19.6 Å². The zero-order valence-electron chi connectivity index (χ0n) is 16.4. The first-order valence-corrected chi connectivity index (χ1v) is 10.5. The third-order valence-electron chi connectivity index (χ3n) is 4.47. The molecule has 2 N–H and O–H groups in total. The zero-order chi connectivity index (χ0) is 21.1. The number of amides is 2. The van der Waals surface area contributed by atoms with Gasteiger partial charge in [-0.1, -0.05) is 30.3 Å². The van der Waals surface area contributed by atoms with Gasteiger partial charge in [0.1, 0.15) is 11.4 Å². The second-order valence-electron chi connectivity index (χ2n) is 6.52. The molecule has 0 atom stereocenters. The van der Waals surface area contributed by atoms with Crippen LogP contribution in [0.4, 0.5) is 16.2 Å². The van der Waals surface area contributed by atoms with Crippen LogP contribution in [0.3, 0.4) is 0 Å². The quantitative estimate of drug-likeness (QED) is 0.405. The second-order valence-corrected chi connectivity index (χ2v) is 8.02. The molecular weight excluding hydrogens is 420 g/mol. The molecule has 0 fully saturated rings. The molecule has 2 aromatic heterocycles. The smallest absolute Gasteiger partial charge is 0.308 e. The molecule has 0 spiro atoms. The van der Waals surface area contributed by atoms with E-state index in [9.17, 15) is 4.79 Å². The van der Waals surface area contributed by atoms with Gasteiger partial charge in [-0.25, -0.2) is 9.78 Å². The van der Waals surface area contributed by atoms with Crippen molar-refractivity contribution in [1.29, 1.82) is 0 Å². The van der Waals surface area contributed by atoms with Crippen molar-refractivity contribution in [2.75, 3.05) is 10.6 Å². The molecule has 9 heteroatoms. The highest BCUT2D eigenvalue weighted by atomic mass is 35.5. The van der Waals surface area contributed by atoms with E-state index in [0.717, 1.165) is 27.6 Å². The van der Waals surface area contributed by atoms with Crippen molar-refractivity contribution in [3.8, 4) is 0 Å². The summed E-state index contributed by atoms with van der Waals surface area (Å²) in [5.41, 5.74) is 3.46. The predicted molar refractivity (Wildman–Crippen MR) is 120 cm³/mol. The average Bonchev–Trinajstić information content (AvgIpc) is 3.19. The van der Waals surface area contributed by atoms with E-state index in [4.69, 9.17) is 11.6 Å². The number of fused-ring (bicyclic) bond motifs is 1. The van der Waals surface area contributed by atoms with Crippen LogP contribution in [0, 0.1) is 6.92 Å². The summed E-state index contributed by atoms with van der Waals surface area (Å²) >= 11 is 7.46. The van der Waals surface area contributed by atoms with Crippen LogP contribution < -0.4 is 10.6 Å². The van der Waals surface area contributed by atoms with Crippen LogP contribution in [0.2, 0.25) is 5.02 Å². The van der Waals surface area contributed by atoms with Gasteiger partial charge in [-0.3, -0.25) is 0 Å². The van der Waals surface area contributed by atoms with Gasteiger partial charge in [-0.2, -0.15) is 14.6 Å². The highest BCUT2D eigenvalue weighted by Crippen LogP contribution is 2.32.